The molecule has 1 amide bonds. The van der Waals surface area contributed by atoms with Crippen molar-refractivity contribution in [2.45, 2.75) is 39.7 Å². The third-order valence-electron chi connectivity index (χ3n) is 6.79. The quantitative estimate of drug-likeness (QED) is 0.619. The summed E-state index contributed by atoms with van der Waals surface area (Å²) >= 11 is 3.45. The van der Waals surface area contributed by atoms with Crippen molar-refractivity contribution in [3.05, 3.63) is 69.1 Å². The number of nitrogens with zero attached hydrogens (tertiary/aromatic N) is 2. The number of likely N-dealkylation sites (tertiary alicyclic amines) is 1. The Morgan fingerprint density at radius 3 is 2.59 bits per heavy atom. The maximum absolute atomic E-state index is 13.8. The van der Waals surface area contributed by atoms with Crippen molar-refractivity contribution in [3.63, 3.8) is 0 Å². The van der Waals surface area contributed by atoms with Crippen molar-refractivity contribution >= 4 is 33.6 Å². The second kappa shape index (κ2) is 7.60. The number of amides is 1. The number of carbonyl (C=O) groups is 1. The van der Waals surface area contributed by atoms with Gasteiger partial charge in [0.1, 0.15) is 5.70 Å². The molecule has 2 aromatic rings. The molecule has 2 aliphatic rings. The average molecular weight is 455 g/mol. The number of carbonyl (C=O) groups excluding carboxylic acids is 1. The molecule has 5 heteroatoms. The Kier molecular flexibility index (Phi) is 5.28. The van der Waals surface area contributed by atoms with Gasteiger partial charge in [-0.15, -0.1) is 0 Å². The first-order valence-corrected chi connectivity index (χ1v) is 11.0. The van der Waals surface area contributed by atoms with E-state index in [1.165, 1.54) is 10.6 Å². The lowest BCUT2D eigenvalue weighted by molar-refractivity contribution is -0.127. The summed E-state index contributed by atoms with van der Waals surface area (Å²) in [4.78, 5) is 28.3. The van der Waals surface area contributed by atoms with E-state index >= 15 is 0 Å². The lowest BCUT2D eigenvalue weighted by atomic mass is 9.65. The fourth-order valence-corrected chi connectivity index (χ4v) is 5.25. The molecule has 2 bridgehead atoms. The Hall–Kier alpha value is -2.14. The standard InChI is InChI=1S/C24H27BrN2O2/c1-16-20-13-18(14-24(16,2)3)15-27(20)23(29)21(26-11-5-4-6-22(26)28)12-17-7-9-19(25)10-8-17/h4-12,16,18,20H,13-15H2,1-3H3/b21-12+. The summed E-state index contributed by atoms with van der Waals surface area (Å²) in [5, 5.41) is 0. The average Bonchev–Trinajstić information content (AvgIpc) is 3.05. The number of benzene rings is 1. The topological polar surface area (TPSA) is 42.3 Å². The van der Waals surface area contributed by atoms with Gasteiger partial charge in [-0.1, -0.05) is 54.9 Å². The molecule has 4 rings (SSSR count). The molecule has 3 unspecified atom stereocenters. The van der Waals surface area contributed by atoms with Gasteiger partial charge < -0.3 is 4.90 Å². The van der Waals surface area contributed by atoms with Gasteiger partial charge in [-0.25, -0.2) is 0 Å². The lowest BCUT2D eigenvalue weighted by Gasteiger charge is -2.42. The molecule has 1 aromatic heterocycles. The van der Waals surface area contributed by atoms with E-state index in [1.54, 1.807) is 18.3 Å². The highest BCUT2D eigenvalue weighted by molar-refractivity contribution is 9.10. The molecule has 1 aliphatic heterocycles. The number of halogens is 1. The molecule has 1 aliphatic carbocycles. The van der Waals surface area contributed by atoms with Crippen LogP contribution in [0.5, 0.6) is 0 Å². The molecule has 29 heavy (non-hydrogen) atoms. The summed E-state index contributed by atoms with van der Waals surface area (Å²) in [5.74, 6) is 0.904. The molecular weight excluding hydrogens is 428 g/mol. The molecule has 1 aromatic carbocycles. The largest absolute Gasteiger partial charge is 0.334 e. The van der Waals surface area contributed by atoms with Crippen molar-refractivity contribution in [1.29, 1.82) is 0 Å². The van der Waals surface area contributed by atoms with E-state index in [2.05, 4.69) is 36.7 Å². The van der Waals surface area contributed by atoms with Crippen LogP contribution in [0.25, 0.3) is 11.8 Å². The first-order chi connectivity index (χ1) is 13.8. The monoisotopic (exact) mass is 454 g/mol. The van der Waals surface area contributed by atoms with Gasteiger partial charge in [0, 0.05) is 29.3 Å². The molecule has 2 fully saturated rings. The van der Waals surface area contributed by atoms with E-state index in [1.807, 2.05) is 35.2 Å². The molecule has 152 valence electrons. The Balaban J connectivity index is 1.76. The van der Waals surface area contributed by atoms with Crippen molar-refractivity contribution in [2.24, 2.45) is 17.3 Å². The van der Waals surface area contributed by atoms with Gasteiger partial charge in [-0.05, 0) is 59.9 Å². The molecule has 1 saturated heterocycles. The van der Waals surface area contributed by atoms with Crippen LogP contribution in [0.1, 0.15) is 39.2 Å². The van der Waals surface area contributed by atoms with Crippen molar-refractivity contribution in [3.8, 4) is 0 Å². The minimum atomic E-state index is -0.195. The highest BCUT2D eigenvalue weighted by Crippen LogP contribution is 2.49. The third-order valence-corrected chi connectivity index (χ3v) is 7.32. The summed E-state index contributed by atoms with van der Waals surface area (Å²) in [6.07, 6.45) is 5.71. The maximum atomic E-state index is 13.8. The van der Waals surface area contributed by atoms with Crippen LogP contribution >= 0.6 is 15.9 Å². The lowest BCUT2D eigenvalue weighted by Crippen LogP contribution is -2.45. The normalized spacial score (nSPS) is 25.9. The van der Waals surface area contributed by atoms with Gasteiger partial charge in [-0.2, -0.15) is 0 Å². The molecular formula is C24H27BrN2O2. The Labute approximate surface area is 180 Å². The van der Waals surface area contributed by atoms with Crippen LogP contribution in [0.15, 0.2) is 57.9 Å². The predicted octanol–water partition coefficient (Wildman–Crippen LogP) is 4.89. The van der Waals surface area contributed by atoms with Crippen LogP contribution in [-0.4, -0.2) is 28.0 Å². The molecule has 0 N–H and O–H groups in total. The van der Waals surface area contributed by atoms with Gasteiger partial charge in [0.05, 0.1) is 0 Å². The zero-order valence-electron chi connectivity index (χ0n) is 17.1. The van der Waals surface area contributed by atoms with Crippen LogP contribution in [0.3, 0.4) is 0 Å². The fraction of sp³-hybridized carbons (Fsp3) is 0.417. The van der Waals surface area contributed by atoms with Gasteiger partial charge >= 0.3 is 0 Å². The molecule has 4 nitrogen and oxygen atoms in total. The van der Waals surface area contributed by atoms with E-state index in [0.29, 0.717) is 17.5 Å². The summed E-state index contributed by atoms with van der Waals surface area (Å²) in [7, 11) is 0. The van der Waals surface area contributed by atoms with Crippen LogP contribution in [0.2, 0.25) is 0 Å². The zero-order valence-corrected chi connectivity index (χ0v) is 18.7. The van der Waals surface area contributed by atoms with Crippen LogP contribution < -0.4 is 5.56 Å². The number of hydrogen-bond acceptors (Lipinski definition) is 2. The van der Waals surface area contributed by atoms with E-state index in [9.17, 15) is 9.59 Å². The molecule has 0 spiro atoms. The second-order valence-electron chi connectivity index (χ2n) is 9.10. The first kappa shape index (κ1) is 20.1. The zero-order chi connectivity index (χ0) is 20.8. The number of fused-ring (bicyclic) bond motifs is 2. The van der Waals surface area contributed by atoms with Crippen LogP contribution in [0.4, 0.5) is 0 Å². The summed E-state index contributed by atoms with van der Waals surface area (Å²) in [5.41, 5.74) is 1.33. The van der Waals surface area contributed by atoms with E-state index in [-0.39, 0.29) is 22.9 Å². The number of aromatic nitrogens is 1. The van der Waals surface area contributed by atoms with E-state index in [0.717, 1.165) is 29.4 Å². The predicted molar refractivity (Wildman–Crippen MR) is 120 cm³/mol. The number of hydrogen-bond donors (Lipinski definition) is 0. The minimum absolute atomic E-state index is 0.0572. The highest BCUT2D eigenvalue weighted by atomic mass is 79.9. The van der Waals surface area contributed by atoms with Crippen molar-refractivity contribution in [2.75, 3.05) is 6.54 Å². The maximum Gasteiger partial charge on any atom is 0.271 e. The molecule has 2 heterocycles. The molecule has 0 radical (unpaired) electrons. The molecule has 3 atom stereocenters. The first-order valence-electron chi connectivity index (χ1n) is 10.2. The summed E-state index contributed by atoms with van der Waals surface area (Å²) < 4.78 is 2.45. The SMILES string of the molecule is CC1C2CC(CN2C(=O)/C(=C\c2ccc(Br)cc2)n2ccccc2=O)CC1(C)C. The number of rotatable bonds is 3. The third kappa shape index (κ3) is 3.85. The van der Waals surface area contributed by atoms with Crippen molar-refractivity contribution in [1.82, 2.24) is 9.47 Å². The smallest absolute Gasteiger partial charge is 0.271 e. The van der Waals surface area contributed by atoms with E-state index in [4.69, 9.17) is 0 Å². The van der Waals surface area contributed by atoms with Crippen molar-refractivity contribution < 1.29 is 4.79 Å². The Morgan fingerprint density at radius 2 is 1.90 bits per heavy atom. The number of pyridine rings is 1. The van der Waals surface area contributed by atoms with Crippen LogP contribution in [-0.2, 0) is 4.79 Å². The van der Waals surface area contributed by atoms with Gasteiger partial charge in [-0.3, -0.25) is 14.2 Å². The second-order valence-corrected chi connectivity index (χ2v) is 10.0. The van der Waals surface area contributed by atoms with Crippen LogP contribution in [0, 0.1) is 17.3 Å². The Morgan fingerprint density at radius 1 is 1.17 bits per heavy atom. The van der Waals surface area contributed by atoms with E-state index < -0.39 is 0 Å². The minimum Gasteiger partial charge on any atom is -0.334 e. The molecule has 1 saturated carbocycles. The fourth-order valence-electron chi connectivity index (χ4n) is 4.99. The van der Waals surface area contributed by atoms with Gasteiger partial charge in [0.2, 0.25) is 0 Å². The van der Waals surface area contributed by atoms with Gasteiger partial charge in [0.25, 0.3) is 11.5 Å². The Bertz CT molecular complexity index is 1010. The van der Waals surface area contributed by atoms with Gasteiger partial charge in [0.15, 0.2) is 0 Å². The summed E-state index contributed by atoms with van der Waals surface area (Å²) in [6.45, 7) is 7.66. The summed E-state index contributed by atoms with van der Waals surface area (Å²) in [6, 6.07) is 13.0. The highest BCUT2D eigenvalue weighted by Gasteiger charge is 2.49.